The Morgan fingerprint density at radius 2 is 1.84 bits per heavy atom. The van der Waals surface area contributed by atoms with Crippen LogP contribution in [0.3, 0.4) is 0 Å². The topological polar surface area (TPSA) is 76.9 Å². The average molecular weight is 429 g/mol. The lowest BCUT2D eigenvalue weighted by Gasteiger charge is -2.13. The number of methoxy groups -OCH3 is 1. The molecule has 170 valence electrons. The first-order valence-corrected chi connectivity index (χ1v) is 11.0. The van der Waals surface area contributed by atoms with E-state index in [1.807, 2.05) is 30.5 Å². The number of rotatable bonds is 12. The molecule has 2 rings (SSSR count). The highest BCUT2D eigenvalue weighted by molar-refractivity contribution is 5.79. The van der Waals surface area contributed by atoms with Gasteiger partial charge in [0.05, 0.1) is 13.7 Å². The Kier molecular flexibility index (Phi) is 10.5. The molecule has 1 aromatic heterocycles. The fraction of sp³-hybridized carbons (Fsp3) is 0.500. The molecule has 0 amide bonds. The zero-order valence-corrected chi connectivity index (χ0v) is 19.2. The van der Waals surface area contributed by atoms with Crippen molar-refractivity contribution in [3.8, 4) is 11.5 Å². The van der Waals surface area contributed by atoms with Gasteiger partial charge in [-0.25, -0.2) is 0 Å². The molecule has 0 aliphatic heterocycles. The molecule has 2 aromatic rings. The molecule has 0 radical (unpaired) electrons. The maximum atomic E-state index is 11.9. The predicted octanol–water partition coefficient (Wildman–Crippen LogP) is 3.14. The smallest absolute Gasteiger partial charge is 0.250 e. The van der Waals surface area contributed by atoms with Gasteiger partial charge in [-0.3, -0.25) is 9.79 Å². The number of nitrogens with zero attached hydrogens (tertiary/aromatic N) is 2. The van der Waals surface area contributed by atoms with Crippen molar-refractivity contribution in [1.82, 2.24) is 15.2 Å². The molecule has 7 nitrogen and oxygen atoms in total. The molecule has 1 heterocycles. The highest BCUT2D eigenvalue weighted by Crippen LogP contribution is 2.28. The zero-order valence-electron chi connectivity index (χ0n) is 19.2. The van der Waals surface area contributed by atoms with Crippen molar-refractivity contribution >= 4 is 5.96 Å². The van der Waals surface area contributed by atoms with Crippen molar-refractivity contribution in [2.75, 3.05) is 33.9 Å². The van der Waals surface area contributed by atoms with Gasteiger partial charge in [0.15, 0.2) is 17.5 Å². The van der Waals surface area contributed by atoms with Crippen molar-refractivity contribution in [1.29, 1.82) is 0 Å². The Bertz CT molecular complexity index is 893. The Morgan fingerprint density at radius 3 is 2.52 bits per heavy atom. The number of aliphatic imine (C=N–C) groups is 1. The molecule has 7 heteroatoms. The van der Waals surface area contributed by atoms with Crippen LogP contribution in [0.1, 0.15) is 37.4 Å². The number of aromatic nitrogens is 1. The summed E-state index contributed by atoms with van der Waals surface area (Å²) in [7, 11) is 3.43. The van der Waals surface area contributed by atoms with Gasteiger partial charge in [0.25, 0.3) is 5.56 Å². The maximum Gasteiger partial charge on any atom is 0.250 e. The van der Waals surface area contributed by atoms with Crippen LogP contribution in [0, 0.1) is 6.92 Å². The molecule has 31 heavy (non-hydrogen) atoms. The van der Waals surface area contributed by atoms with E-state index in [0.29, 0.717) is 6.61 Å². The number of benzene rings is 1. The molecule has 0 spiro atoms. The van der Waals surface area contributed by atoms with Crippen LogP contribution < -0.4 is 25.7 Å². The summed E-state index contributed by atoms with van der Waals surface area (Å²) in [6.07, 6.45) is 3.83. The highest BCUT2D eigenvalue weighted by Gasteiger charge is 2.06. The summed E-state index contributed by atoms with van der Waals surface area (Å²) in [6.45, 7) is 6.94. The van der Waals surface area contributed by atoms with E-state index in [1.165, 1.54) is 5.56 Å². The standard InChI is InChI=1S/C24H36N4O3/c1-5-31-22-18-20(13-14-21(22)30-4)11-9-16-27-24(25-3)26-15-6-7-17-28-19(2)10-8-12-23(28)29/h8,10,12-14,18H,5-7,9,11,15-17H2,1-4H3,(H2,25,26,27). The number of ether oxygens (including phenoxy) is 2. The van der Waals surface area contributed by atoms with Crippen molar-refractivity contribution < 1.29 is 9.47 Å². The fourth-order valence-electron chi connectivity index (χ4n) is 3.38. The van der Waals surface area contributed by atoms with Crippen LogP contribution in [-0.4, -0.2) is 44.4 Å². The second kappa shape index (κ2) is 13.4. The molecule has 0 aliphatic rings. The minimum absolute atomic E-state index is 0.0654. The van der Waals surface area contributed by atoms with Crippen LogP contribution in [0.4, 0.5) is 0 Å². The summed E-state index contributed by atoms with van der Waals surface area (Å²) in [6, 6.07) is 11.5. The van der Waals surface area contributed by atoms with E-state index in [1.54, 1.807) is 26.3 Å². The number of hydrogen-bond acceptors (Lipinski definition) is 4. The van der Waals surface area contributed by atoms with E-state index >= 15 is 0 Å². The molecule has 0 bridgehead atoms. The molecule has 0 atom stereocenters. The molecule has 2 N–H and O–H groups in total. The lowest BCUT2D eigenvalue weighted by atomic mass is 10.1. The second-order valence-corrected chi connectivity index (χ2v) is 7.31. The van der Waals surface area contributed by atoms with E-state index in [0.717, 1.165) is 68.5 Å². The van der Waals surface area contributed by atoms with Crippen LogP contribution in [0.5, 0.6) is 11.5 Å². The molecule has 1 aromatic carbocycles. The first-order valence-electron chi connectivity index (χ1n) is 11.0. The number of unbranched alkanes of at least 4 members (excludes halogenated alkanes) is 1. The summed E-state index contributed by atoms with van der Waals surface area (Å²) in [5.74, 6) is 2.36. The van der Waals surface area contributed by atoms with Crippen molar-refractivity contribution in [3.05, 3.63) is 58.0 Å². The number of hydrogen-bond donors (Lipinski definition) is 2. The van der Waals surface area contributed by atoms with Crippen LogP contribution in [0.15, 0.2) is 46.2 Å². The summed E-state index contributed by atoms with van der Waals surface area (Å²) in [5.41, 5.74) is 2.29. The summed E-state index contributed by atoms with van der Waals surface area (Å²) >= 11 is 0. The van der Waals surface area contributed by atoms with Gasteiger partial charge in [-0.15, -0.1) is 0 Å². The second-order valence-electron chi connectivity index (χ2n) is 7.31. The van der Waals surface area contributed by atoms with Gasteiger partial charge in [0, 0.05) is 38.4 Å². The normalized spacial score (nSPS) is 11.3. The molecule has 0 aliphatic carbocycles. The SMILES string of the molecule is CCOc1cc(CCCNC(=NC)NCCCCn2c(C)cccc2=O)ccc1OC. The third-order valence-corrected chi connectivity index (χ3v) is 5.06. The monoisotopic (exact) mass is 428 g/mol. The molecular weight excluding hydrogens is 392 g/mol. The first kappa shape index (κ1) is 24.3. The lowest BCUT2D eigenvalue weighted by molar-refractivity contribution is 0.310. The quantitative estimate of drug-likeness (QED) is 0.309. The third-order valence-electron chi connectivity index (χ3n) is 5.06. The van der Waals surface area contributed by atoms with Gasteiger partial charge in [-0.1, -0.05) is 12.1 Å². The van der Waals surface area contributed by atoms with Gasteiger partial charge in [0.1, 0.15) is 0 Å². The Hall–Kier alpha value is -2.96. The molecule has 0 saturated carbocycles. The number of pyridine rings is 1. The first-order chi connectivity index (χ1) is 15.1. The minimum atomic E-state index is 0.0654. The Labute approximate surface area is 185 Å². The number of guanidine groups is 1. The van der Waals surface area contributed by atoms with E-state index in [4.69, 9.17) is 9.47 Å². The third kappa shape index (κ3) is 8.00. The molecule has 0 fully saturated rings. The Morgan fingerprint density at radius 1 is 1.06 bits per heavy atom. The zero-order chi connectivity index (χ0) is 22.5. The van der Waals surface area contributed by atoms with Crippen LogP contribution in [-0.2, 0) is 13.0 Å². The Balaban J connectivity index is 1.66. The summed E-state index contributed by atoms with van der Waals surface area (Å²) in [4.78, 5) is 16.2. The molecule has 0 unspecified atom stereocenters. The number of nitrogens with one attached hydrogen (secondary N) is 2. The number of aryl methyl sites for hydroxylation is 2. The van der Waals surface area contributed by atoms with Crippen molar-refractivity contribution in [3.63, 3.8) is 0 Å². The van der Waals surface area contributed by atoms with E-state index in [2.05, 4.69) is 27.8 Å². The highest BCUT2D eigenvalue weighted by atomic mass is 16.5. The molecule has 0 saturated heterocycles. The van der Waals surface area contributed by atoms with Gasteiger partial charge in [-0.2, -0.15) is 0 Å². The molecular formula is C24H36N4O3. The van der Waals surface area contributed by atoms with Gasteiger partial charge in [-0.05, 0) is 63.3 Å². The van der Waals surface area contributed by atoms with Gasteiger partial charge in [0.2, 0.25) is 0 Å². The van der Waals surface area contributed by atoms with E-state index < -0.39 is 0 Å². The minimum Gasteiger partial charge on any atom is -0.493 e. The van der Waals surface area contributed by atoms with Crippen LogP contribution >= 0.6 is 0 Å². The average Bonchev–Trinajstić information content (AvgIpc) is 2.77. The predicted molar refractivity (Wildman–Crippen MR) is 127 cm³/mol. The summed E-state index contributed by atoms with van der Waals surface area (Å²) < 4.78 is 12.8. The van der Waals surface area contributed by atoms with Crippen LogP contribution in [0.2, 0.25) is 0 Å². The van der Waals surface area contributed by atoms with Gasteiger partial charge >= 0.3 is 0 Å². The van der Waals surface area contributed by atoms with Crippen molar-refractivity contribution in [2.24, 2.45) is 4.99 Å². The van der Waals surface area contributed by atoms with E-state index in [-0.39, 0.29) is 5.56 Å². The van der Waals surface area contributed by atoms with Crippen LogP contribution in [0.25, 0.3) is 0 Å². The largest absolute Gasteiger partial charge is 0.493 e. The van der Waals surface area contributed by atoms with Crippen molar-refractivity contribution in [2.45, 2.75) is 46.1 Å². The summed E-state index contributed by atoms with van der Waals surface area (Å²) in [5, 5.41) is 6.70. The fourth-order valence-corrected chi connectivity index (χ4v) is 3.38. The van der Waals surface area contributed by atoms with E-state index in [9.17, 15) is 4.79 Å². The van der Waals surface area contributed by atoms with Gasteiger partial charge < -0.3 is 24.7 Å². The maximum absolute atomic E-state index is 11.9. The lowest BCUT2D eigenvalue weighted by Crippen LogP contribution is -2.38.